The predicted molar refractivity (Wildman–Crippen MR) is 110 cm³/mol. The van der Waals surface area contributed by atoms with Crippen LogP contribution in [0.15, 0.2) is 47.5 Å². The van der Waals surface area contributed by atoms with Crippen LogP contribution in [0.25, 0.3) is 10.2 Å². The van der Waals surface area contributed by atoms with Gasteiger partial charge >= 0.3 is 0 Å². The summed E-state index contributed by atoms with van der Waals surface area (Å²) in [7, 11) is 0. The Hall–Kier alpha value is -2.84. The van der Waals surface area contributed by atoms with Crippen molar-refractivity contribution in [1.29, 1.82) is 0 Å². The lowest BCUT2D eigenvalue weighted by Crippen LogP contribution is -2.16. The van der Waals surface area contributed by atoms with Crippen molar-refractivity contribution in [2.45, 2.75) is 33.2 Å². The van der Waals surface area contributed by atoms with Gasteiger partial charge in [0.25, 0.3) is 5.91 Å². The zero-order valence-corrected chi connectivity index (χ0v) is 16.4. The second-order valence-corrected chi connectivity index (χ2v) is 7.30. The number of terminal acetylenes is 1. The van der Waals surface area contributed by atoms with Crippen LogP contribution in [0.5, 0.6) is 5.75 Å². The first kappa shape index (κ1) is 18.9. The van der Waals surface area contributed by atoms with Crippen molar-refractivity contribution in [2.75, 3.05) is 6.61 Å². The number of nitrogens with zero attached hydrogens (tertiary/aromatic N) is 2. The van der Waals surface area contributed by atoms with E-state index in [9.17, 15) is 4.79 Å². The molecule has 0 spiro atoms. The van der Waals surface area contributed by atoms with Gasteiger partial charge in [-0.15, -0.1) is 6.42 Å². The summed E-state index contributed by atoms with van der Waals surface area (Å²) in [6.45, 7) is 5.21. The molecule has 3 aromatic rings. The lowest BCUT2D eigenvalue weighted by atomic mass is 10.2. The Bertz CT molecular complexity index is 1050. The SMILES string of the molecule is C#CCn1c(=NC(=O)c2ccc(OCCCC)cc2)sc2cc(C)ccc21. The molecule has 0 N–H and O–H groups in total. The number of ether oxygens (including phenoxy) is 1. The largest absolute Gasteiger partial charge is 0.494 e. The number of amides is 1. The van der Waals surface area contributed by atoms with Crippen molar-refractivity contribution < 1.29 is 9.53 Å². The Morgan fingerprint density at radius 1 is 1.26 bits per heavy atom. The molecule has 3 rings (SSSR count). The summed E-state index contributed by atoms with van der Waals surface area (Å²) in [5.41, 5.74) is 2.68. The summed E-state index contributed by atoms with van der Waals surface area (Å²) < 4.78 is 8.60. The summed E-state index contributed by atoms with van der Waals surface area (Å²) in [6, 6.07) is 13.2. The normalized spacial score (nSPS) is 11.5. The van der Waals surface area contributed by atoms with Gasteiger partial charge in [-0.3, -0.25) is 4.79 Å². The van der Waals surface area contributed by atoms with Crippen molar-refractivity contribution in [3.8, 4) is 18.1 Å². The molecule has 138 valence electrons. The first-order valence-electron chi connectivity index (χ1n) is 8.97. The third kappa shape index (κ3) is 4.47. The van der Waals surface area contributed by atoms with E-state index in [2.05, 4.69) is 23.9 Å². The van der Waals surface area contributed by atoms with Gasteiger partial charge in [-0.2, -0.15) is 4.99 Å². The molecule has 0 aliphatic rings. The lowest BCUT2D eigenvalue weighted by molar-refractivity contribution is 0.0998. The molecular formula is C22H22N2O2S. The second kappa shape index (κ2) is 8.70. The predicted octanol–water partition coefficient (Wildman–Crippen LogP) is 4.56. The molecule has 5 heteroatoms. The first-order valence-corrected chi connectivity index (χ1v) is 9.79. The fourth-order valence-corrected chi connectivity index (χ4v) is 3.82. The number of carbonyl (C=O) groups is 1. The Kier molecular flexibility index (Phi) is 6.10. The number of hydrogen-bond acceptors (Lipinski definition) is 3. The average molecular weight is 378 g/mol. The second-order valence-electron chi connectivity index (χ2n) is 6.29. The summed E-state index contributed by atoms with van der Waals surface area (Å²) >= 11 is 1.47. The number of fused-ring (bicyclic) bond motifs is 1. The summed E-state index contributed by atoms with van der Waals surface area (Å²) in [6.07, 6.45) is 7.61. The third-order valence-corrected chi connectivity index (χ3v) is 5.19. The Morgan fingerprint density at radius 3 is 2.74 bits per heavy atom. The standard InChI is InChI=1S/C22H22N2O2S/c1-4-6-14-26-18-10-8-17(9-11-18)21(25)23-22-24(13-5-2)19-12-7-16(3)15-20(19)27-22/h2,7-12,15H,4,6,13-14H2,1,3H3. The highest BCUT2D eigenvalue weighted by molar-refractivity contribution is 7.16. The van der Waals surface area contributed by atoms with E-state index in [1.807, 2.05) is 35.8 Å². The molecule has 1 aromatic heterocycles. The van der Waals surface area contributed by atoms with Crippen LogP contribution in [-0.4, -0.2) is 17.1 Å². The minimum Gasteiger partial charge on any atom is -0.494 e. The van der Waals surface area contributed by atoms with E-state index >= 15 is 0 Å². The van der Waals surface area contributed by atoms with Gasteiger partial charge in [-0.05, 0) is 55.3 Å². The quantitative estimate of drug-likeness (QED) is 0.466. The topological polar surface area (TPSA) is 43.6 Å². The van der Waals surface area contributed by atoms with E-state index in [1.165, 1.54) is 11.3 Å². The number of hydrogen-bond donors (Lipinski definition) is 0. The molecule has 0 aliphatic heterocycles. The van der Waals surface area contributed by atoms with E-state index in [4.69, 9.17) is 11.2 Å². The first-order chi connectivity index (χ1) is 13.1. The smallest absolute Gasteiger partial charge is 0.279 e. The fraction of sp³-hybridized carbons (Fsp3) is 0.273. The monoisotopic (exact) mass is 378 g/mol. The average Bonchev–Trinajstić information content (AvgIpc) is 2.99. The molecular weight excluding hydrogens is 356 g/mol. The van der Waals surface area contributed by atoms with E-state index in [1.54, 1.807) is 12.1 Å². The maximum atomic E-state index is 12.6. The number of benzene rings is 2. The van der Waals surface area contributed by atoms with Crippen molar-refractivity contribution in [2.24, 2.45) is 4.99 Å². The molecule has 0 radical (unpaired) electrons. The van der Waals surface area contributed by atoms with Crippen molar-refractivity contribution in [3.05, 3.63) is 58.4 Å². The zero-order valence-electron chi connectivity index (χ0n) is 15.6. The highest BCUT2D eigenvalue weighted by atomic mass is 32.1. The van der Waals surface area contributed by atoms with Gasteiger partial charge < -0.3 is 9.30 Å². The number of unbranched alkanes of at least 4 members (excludes halogenated alkanes) is 1. The van der Waals surface area contributed by atoms with Gasteiger partial charge in [-0.25, -0.2) is 0 Å². The molecule has 0 fully saturated rings. The van der Waals surface area contributed by atoms with Crippen molar-refractivity contribution >= 4 is 27.5 Å². The molecule has 2 aromatic carbocycles. The van der Waals surface area contributed by atoms with E-state index < -0.39 is 0 Å². The fourth-order valence-electron chi connectivity index (χ4n) is 2.69. The number of rotatable bonds is 6. The third-order valence-electron chi connectivity index (χ3n) is 4.15. The van der Waals surface area contributed by atoms with Crippen LogP contribution in [-0.2, 0) is 6.54 Å². The summed E-state index contributed by atoms with van der Waals surface area (Å²) in [4.78, 5) is 17.6. The molecule has 1 heterocycles. The minimum atomic E-state index is -0.288. The van der Waals surface area contributed by atoms with Crippen LogP contribution in [0.3, 0.4) is 0 Å². The highest BCUT2D eigenvalue weighted by Gasteiger charge is 2.09. The van der Waals surface area contributed by atoms with Crippen molar-refractivity contribution in [3.63, 3.8) is 0 Å². The molecule has 0 aliphatic carbocycles. The van der Waals surface area contributed by atoms with E-state index in [-0.39, 0.29) is 5.91 Å². The number of carbonyl (C=O) groups excluding carboxylic acids is 1. The summed E-state index contributed by atoms with van der Waals surface area (Å²) in [5, 5.41) is 0. The molecule has 0 atom stereocenters. The van der Waals surface area contributed by atoms with Gasteiger partial charge in [0.1, 0.15) is 5.75 Å². The van der Waals surface area contributed by atoms with Gasteiger partial charge in [0.05, 0.1) is 23.4 Å². The van der Waals surface area contributed by atoms with E-state index in [0.29, 0.717) is 23.5 Å². The molecule has 0 unspecified atom stereocenters. The molecule has 0 bridgehead atoms. The Labute approximate surface area is 163 Å². The number of thiazole rings is 1. The van der Waals surface area contributed by atoms with Gasteiger partial charge in [0.2, 0.25) is 0 Å². The van der Waals surface area contributed by atoms with Crippen molar-refractivity contribution in [1.82, 2.24) is 4.57 Å². The lowest BCUT2D eigenvalue weighted by Gasteiger charge is -2.05. The van der Waals surface area contributed by atoms with Crippen LogP contribution >= 0.6 is 11.3 Å². The number of aryl methyl sites for hydroxylation is 1. The molecule has 0 saturated heterocycles. The van der Waals surface area contributed by atoms with E-state index in [0.717, 1.165) is 34.4 Å². The van der Waals surface area contributed by atoms with Crippen LogP contribution in [0, 0.1) is 19.3 Å². The zero-order chi connectivity index (χ0) is 19.2. The molecule has 0 saturated carbocycles. The maximum Gasteiger partial charge on any atom is 0.279 e. The Balaban J connectivity index is 1.90. The Morgan fingerprint density at radius 2 is 2.04 bits per heavy atom. The summed E-state index contributed by atoms with van der Waals surface area (Å²) in [5.74, 6) is 3.12. The van der Waals surface area contributed by atoms with Crippen LogP contribution in [0.1, 0.15) is 35.7 Å². The maximum absolute atomic E-state index is 12.6. The number of aromatic nitrogens is 1. The van der Waals surface area contributed by atoms with Gasteiger partial charge in [-0.1, -0.05) is 36.7 Å². The molecule has 4 nitrogen and oxygen atoms in total. The van der Waals surface area contributed by atoms with Gasteiger partial charge in [0, 0.05) is 5.56 Å². The van der Waals surface area contributed by atoms with Gasteiger partial charge in [0.15, 0.2) is 4.80 Å². The van der Waals surface area contributed by atoms with Crippen LogP contribution < -0.4 is 9.54 Å². The molecule has 27 heavy (non-hydrogen) atoms. The minimum absolute atomic E-state index is 0.288. The van der Waals surface area contributed by atoms with Crippen LogP contribution in [0.4, 0.5) is 0 Å². The highest BCUT2D eigenvalue weighted by Crippen LogP contribution is 2.19. The van der Waals surface area contributed by atoms with Crippen LogP contribution in [0.2, 0.25) is 0 Å². The molecule has 1 amide bonds.